The van der Waals surface area contributed by atoms with Crippen molar-refractivity contribution < 1.29 is 9.90 Å². The van der Waals surface area contributed by atoms with Crippen LogP contribution in [0.4, 0.5) is 0 Å². The van der Waals surface area contributed by atoms with E-state index in [0.29, 0.717) is 12.1 Å². The molecule has 0 aliphatic carbocycles. The Morgan fingerprint density at radius 1 is 1.36 bits per heavy atom. The number of rotatable bonds is 3. The Kier molecular flexibility index (Phi) is 3.25. The minimum Gasteiger partial charge on any atom is -0.478 e. The molecule has 0 aromatic heterocycles. The number of aromatic carboxylic acids is 1. The Morgan fingerprint density at radius 2 is 2.00 bits per heavy atom. The maximum Gasteiger partial charge on any atom is 0.335 e. The van der Waals surface area contributed by atoms with Crippen molar-refractivity contribution >= 4 is 5.97 Å². The fraction of sp³-hybridized carbons (Fsp3) is 0.364. The number of carbonyl (C=O) groups is 1. The molecule has 1 aromatic carbocycles. The van der Waals surface area contributed by atoms with Gasteiger partial charge in [-0.3, -0.25) is 0 Å². The molecule has 0 amide bonds. The fourth-order valence-electron chi connectivity index (χ4n) is 1.55. The molecule has 0 saturated carbocycles. The van der Waals surface area contributed by atoms with Crippen molar-refractivity contribution in [3.05, 3.63) is 34.4 Å². The molecule has 3 N–H and O–H groups in total. The summed E-state index contributed by atoms with van der Waals surface area (Å²) in [6.45, 7) is 4.33. The van der Waals surface area contributed by atoms with Crippen LogP contribution in [0.5, 0.6) is 0 Å². The summed E-state index contributed by atoms with van der Waals surface area (Å²) < 4.78 is 0. The fourth-order valence-corrected chi connectivity index (χ4v) is 1.55. The van der Waals surface area contributed by atoms with Crippen LogP contribution in [-0.4, -0.2) is 17.6 Å². The smallest absolute Gasteiger partial charge is 0.335 e. The van der Waals surface area contributed by atoms with Gasteiger partial charge in [-0.2, -0.15) is 0 Å². The van der Waals surface area contributed by atoms with Crippen molar-refractivity contribution in [2.75, 3.05) is 6.54 Å². The van der Waals surface area contributed by atoms with Crippen LogP contribution < -0.4 is 5.73 Å². The van der Waals surface area contributed by atoms with Gasteiger partial charge in [0, 0.05) is 0 Å². The molecular weight excluding hydrogens is 178 g/mol. The second-order valence-corrected chi connectivity index (χ2v) is 3.44. The van der Waals surface area contributed by atoms with Crippen molar-refractivity contribution in [2.24, 2.45) is 5.73 Å². The summed E-state index contributed by atoms with van der Waals surface area (Å²) in [5.74, 6) is -0.874. The van der Waals surface area contributed by atoms with E-state index in [1.54, 1.807) is 6.07 Å². The quantitative estimate of drug-likeness (QED) is 0.764. The molecule has 1 rings (SSSR count). The molecule has 0 aliphatic rings. The summed E-state index contributed by atoms with van der Waals surface area (Å²) in [4.78, 5) is 10.9. The number of benzene rings is 1. The van der Waals surface area contributed by atoms with E-state index in [9.17, 15) is 4.79 Å². The van der Waals surface area contributed by atoms with E-state index >= 15 is 0 Å². The van der Waals surface area contributed by atoms with Gasteiger partial charge in [0.05, 0.1) is 5.56 Å². The Hall–Kier alpha value is -1.35. The van der Waals surface area contributed by atoms with Gasteiger partial charge in [-0.1, -0.05) is 6.07 Å². The van der Waals surface area contributed by atoms with Gasteiger partial charge in [0.1, 0.15) is 0 Å². The number of hydrogen-bond donors (Lipinski definition) is 2. The Balaban J connectivity index is 3.20. The molecule has 3 nitrogen and oxygen atoms in total. The number of nitrogens with two attached hydrogens (primary N) is 1. The zero-order valence-corrected chi connectivity index (χ0v) is 8.50. The van der Waals surface area contributed by atoms with Gasteiger partial charge in [-0.05, 0) is 49.6 Å². The Labute approximate surface area is 83.6 Å². The third kappa shape index (κ3) is 2.12. The summed E-state index contributed by atoms with van der Waals surface area (Å²) in [7, 11) is 0. The third-order valence-electron chi connectivity index (χ3n) is 2.33. The first-order valence-electron chi connectivity index (χ1n) is 4.59. The van der Waals surface area contributed by atoms with E-state index < -0.39 is 5.97 Å². The van der Waals surface area contributed by atoms with Crippen molar-refractivity contribution in [1.82, 2.24) is 0 Å². The van der Waals surface area contributed by atoms with Crippen LogP contribution in [-0.2, 0) is 6.42 Å². The van der Waals surface area contributed by atoms with E-state index in [1.807, 2.05) is 19.9 Å². The van der Waals surface area contributed by atoms with Gasteiger partial charge < -0.3 is 10.8 Å². The topological polar surface area (TPSA) is 63.3 Å². The second kappa shape index (κ2) is 4.24. The normalized spacial score (nSPS) is 10.2. The molecule has 0 spiro atoms. The van der Waals surface area contributed by atoms with Crippen LogP contribution in [0.2, 0.25) is 0 Å². The number of carboxylic acids is 1. The highest BCUT2D eigenvalue weighted by Gasteiger charge is 2.09. The summed E-state index contributed by atoms with van der Waals surface area (Å²) in [6.07, 6.45) is 0.729. The van der Waals surface area contributed by atoms with Crippen LogP contribution in [0.1, 0.15) is 27.0 Å². The van der Waals surface area contributed by atoms with Gasteiger partial charge in [0.2, 0.25) is 0 Å². The Morgan fingerprint density at radius 3 is 2.50 bits per heavy atom. The van der Waals surface area contributed by atoms with Crippen LogP contribution in [0.3, 0.4) is 0 Å². The average Bonchev–Trinajstić information content (AvgIpc) is 2.09. The zero-order valence-electron chi connectivity index (χ0n) is 8.50. The minimum atomic E-state index is -0.874. The molecule has 14 heavy (non-hydrogen) atoms. The molecule has 0 fully saturated rings. The summed E-state index contributed by atoms with van der Waals surface area (Å²) in [6, 6.07) is 3.62. The predicted molar refractivity (Wildman–Crippen MR) is 55.6 cm³/mol. The second-order valence-electron chi connectivity index (χ2n) is 3.44. The SMILES string of the molecule is Cc1cc(C)c(C(=O)O)cc1CCN. The van der Waals surface area contributed by atoms with Crippen LogP contribution in [0.15, 0.2) is 12.1 Å². The van der Waals surface area contributed by atoms with Gasteiger partial charge >= 0.3 is 5.97 Å². The first kappa shape index (κ1) is 10.7. The van der Waals surface area contributed by atoms with Crippen LogP contribution >= 0.6 is 0 Å². The van der Waals surface area contributed by atoms with Crippen molar-refractivity contribution in [3.63, 3.8) is 0 Å². The molecule has 0 aliphatic heterocycles. The average molecular weight is 193 g/mol. The Bertz CT molecular complexity index is 359. The van der Waals surface area contributed by atoms with Crippen LogP contribution in [0.25, 0.3) is 0 Å². The summed E-state index contributed by atoms with van der Waals surface area (Å²) in [5.41, 5.74) is 8.75. The van der Waals surface area contributed by atoms with Gasteiger partial charge in [0.25, 0.3) is 0 Å². The van der Waals surface area contributed by atoms with E-state index in [0.717, 1.165) is 23.1 Å². The highest BCUT2D eigenvalue weighted by molar-refractivity contribution is 5.89. The summed E-state index contributed by atoms with van der Waals surface area (Å²) >= 11 is 0. The zero-order chi connectivity index (χ0) is 10.7. The number of hydrogen-bond acceptors (Lipinski definition) is 2. The number of aryl methyl sites for hydroxylation is 2. The molecule has 0 bridgehead atoms. The van der Waals surface area contributed by atoms with E-state index in [-0.39, 0.29) is 0 Å². The summed E-state index contributed by atoms with van der Waals surface area (Å²) in [5, 5.41) is 8.92. The first-order chi connectivity index (χ1) is 6.56. The molecule has 0 heterocycles. The lowest BCUT2D eigenvalue weighted by Crippen LogP contribution is -2.07. The molecule has 0 unspecified atom stereocenters. The lowest BCUT2D eigenvalue weighted by Gasteiger charge is -2.08. The van der Waals surface area contributed by atoms with E-state index in [4.69, 9.17) is 10.8 Å². The highest BCUT2D eigenvalue weighted by Crippen LogP contribution is 2.16. The number of carboxylic acid groups (broad SMARTS) is 1. The lowest BCUT2D eigenvalue weighted by atomic mass is 9.98. The van der Waals surface area contributed by atoms with Crippen LogP contribution in [0, 0.1) is 13.8 Å². The standard InChI is InChI=1S/C11H15NO2/c1-7-5-8(2)10(11(13)14)6-9(7)3-4-12/h5-6H,3-4,12H2,1-2H3,(H,13,14). The monoisotopic (exact) mass is 193 g/mol. The molecular formula is C11H15NO2. The molecule has 0 atom stereocenters. The van der Waals surface area contributed by atoms with E-state index in [2.05, 4.69) is 0 Å². The maximum atomic E-state index is 10.9. The molecule has 76 valence electrons. The minimum absolute atomic E-state index is 0.374. The van der Waals surface area contributed by atoms with Crippen molar-refractivity contribution in [1.29, 1.82) is 0 Å². The van der Waals surface area contributed by atoms with Gasteiger partial charge in [-0.25, -0.2) is 4.79 Å². The van der Waals surface area contributed by atoms with Crippen molar-refractivity contribution in [3.8, 4) is 0 Å². The van der Waals surface area contributed by atoms with Gasteiger partial charge in [0.15, 0.2) is 0 Å². The molecule has 3 heteroatoms. The third-order valence-corrected chi connectivity index (χ3v) is 2.33. The largest absolute Gasteiger partial charge is 0.478 e. The lowest BCUT2D eigenvalue weighted by molar-refractivity contribution is 0.0696. The predicted octanol–water partition coefficient (Wildman–Crippen LogP) is 1.50. The van der Waals surface area contributed by atoms with Crippen molar-refractivity contribution in [2.45, 2.75) is 20.3 Å². The highest BCUT2D eigenvalue weighted by atomic mass is 16.4. The maximum absolute atomic E-state index is 10.9. The van der Waals surface area contributed by atoms with Gasteiger partial charge in [-0.15, -0.1) is 0 Å². The molecule has 0 radical (unpaired) electrons. The molecule has 0 saturated heterocycles. The molecule has 1 aromatic rings. The van der Waals surface area contributed by atoms with E-state index in [1.165, 1.54) is 0 Å². The first-order valence-corrected chi connectivity index (χ1v) is 4.59.